The van der Waals surface area contributed by atoms with Crippen LogP contribution in [0.25, 0.3) is 0 Å². The van der Waals surface area contributed by atoms with Crippen molar-refractivity contribution in [3.05, 3.63) is 59.2 Å². The van der Waals surface area contributed by atoms with Gasteiger partial charge in [-0.15, -0.1) is 0 Å². The predicted octanol–water partition coefficient (Wildman–Crippen LogP) is 3.21. The number of carbonyl (C=O) groups is 2. The number of esters is 1. The monoisotopic (exact) mass is 474 g/mol. The number of hydrogen-bond donors (Lipinski definition) is 1. The van der Waals surface area contributed by atoms with Crippen LogP contribution in [0.1, 0.15) is 29.6 Å². The third-order valence-corrected chi connectivity index (χ3v) is 6.66. The van der Waals surface area contributed by atoms with Crippen LogP contribution in [-0.2, 0) is 19.6 Å². The zero-order valence-electron chi connectivity index (χ0n) is 16.5. The Morgan fingerprint density at radius 1 is 0.938 bits per heavy atom. The fourth-order valence-corrected chi connectivity index (χ4v) is 4.70. The van der Waals surface area contributed by atoms with Crippen molar-refractivity contribution in [1.82, 2.24) is 4.31 Å². The number of sulfonamides is 1. The Labute approximate surface area is 181 Å². The number of ether oxygens (including phenoxy) is 1. The second-order valence-electron chi connectivity index (χ2n) is 6.96. The van der Waals surface area contributed by atoms with E-state index in [1.54, 1.807) is 0 Å². The lowest BCUT2D eigenvalue weighted by Crippen LogP contribution is -2.36. The molecule has 1 N–H and O–H groups in total. The first-order valence-corrected chi connectivity index (χ1v) is 11.0. The third-order valence-electron chi connectivity index (χ3n) is 4.74. The average molecular weight is 474 g/mol. The van der Waals surface area contributed by atoms with Crippen molar-refractivity contribution in [3.63, 3.8) is 0 Å². The highest BCUT2D eigenvalue weighted by Gasteiger charge is 2.29. The summed E-state index contributed by atoms with van der Waals surface area (Å²) in [7, 11) is -4.17. The van der Waals surface area contributed by atoms with E-state index in [0.29, 0.717) is 18.9 Å². The Morgan fingerprint density at radius 3 is 2.28 bits per heavy atom. The van der Waals surface area contributed by atoms with Gasteiger partial charge in [-0.05, 0) is 43.2 Å². The molecule has 0 aliphatic carbocycles. The van der Waals surface area contributed by atoms with E-state index in [4.69, 9.17) is 4.74 Å². The summed E-state index contributed by atoms with van der Waals surface area (Å²) in [6.07, 6.45) is 2.13. The molecule has 3 rings (SSSR count). The van der Waals surface area contributed by atoms with Crippen LogP contribution in [-0.4, -0.2) is 44.3 Å². The topological polar surface area (TPSA) is 92.8 Å². The summed E-state index contributed by atoms with van der Waals surface area (Å²) in [5.41, 5.74) is -0.990. The van der Waals surface area contributed by atoms with Crippen molar-refractivity contribution in [2.24, 2.45) is 0 Å². The lowest BCUT2D eigenvalue weighted by Gasteiger charge is -2.26. The molecule has 1 fully saturated rings. The first-order valence-electron chi connectivity index (χ1n) is 9.51. The first kappa shape index (κ1) is 23.7. The molecule has 32 heavy (non-hydrogen) atoms. The highest BCUT2D eigenvalue weighted by Crippen LogP contribution is 2.24. The van der Waals surface area contributed by atoms with E-state index in [9.17, 15) is 35.6 Å². The summed E-state index contributed by atoms with van der Waals surface area (Å²) < 4.78 is 85.3. The number of benzene rings is 2. The van der Waals surface area contributed by atoms with E-state index in [0.717, 1.165) is 35.0 Å². The molecule has 0 bridgehead atoms. The number of hydrogen-bond acceptors (Lipinski definition) is 5. The molecule has 0 atom stereocenters. The van der Waals surface area contributed by atoms with E-state index >= 15 is 0 Å². The van der Waals surface area contributed by atoms with Gasteiger partial charge in [0.05, 0.1) is 11.3 Å². The van der Waals surface area contributed by atoms with Gasteiger partial charge in [-0.25, -0.2) is 30.8 Å². The molecule has 1 heterocycles. The molecule has 0 aromatic heterocycles. The Morgan fingerprint density at radius 2 is 1.59 bits per heavy atom. The normalized spacial score (nSPS) is 14.8. The maximum Gasteiger partial charge on any atom is 0.338 e. The largest absolute Gasteiger partial charge is 0.452 e. The van der Waals surface area contributed by atoms with Gasteiger partial charge in [-0.3, -0.25) is 4.79 Å². The lowest BCUT2D eigenvalue weighted by atomic mass is 10.2. The van der Waals surface area contributed by atoms with Gasteiger partial charge < -0.3 is 10.1 Å². The van der Waals surface area contributed by atoms with E-state index in [-0.39, 0.29) is 18.7 Å². The minimum Gasteiger partial charge on any atom is -0.452 e. The quantitative estimate of drug-likeness (QED) is 0.394. The van der Waals surface area contributed by atoms with Crippen LogP contribution in [0.5, 0.6) is 0 Å². The minimum absolute atomic E-state index is 0.233. The van der Waals surface area contributed by atoms with Crippen LogP contribution in [0.2, 0.25) is 0 Å². The Bertz CT molecular complexity index is 1150. The zero-order chi connectivity index (χ0) is 23.5. The highest BCUT2D eigenvalue weighted by atomic mass is 32.2. The summed E-state index contributed by atoms with van der Waals surface area (Å²) >= 11 is 0. The van der Waals surface area contributed by atoms with Gasteiger partial charge >= 0.3 is 5.97 Å². The van der Waals surface area contributed by atoms with Crippen molar-refractivity contribution >= 4 is 27.6 Å². The maximum absolute atomic E-state index is 14.2. The predicted molar refractivity (Wildman–Crippen MR) is 104 cm³/mol. The summed E-state index contributed by atoms with van der Waals surface area (Å²) in [5.74, 6) is -8.10. The van der Waals surface area contributed by atoms with Crippen LogP contribution >= 0.6 is 0 Å². The fraction of sp³-hybridized carbons (Fsp3) is 0.300. The molecule has 1 aliphatic heterocycles. The smallest absolute Gasteiger partial charge is 0.338 e. The van der Waals surface area contributed by atoms with Crippen molar-refractivity contribution in [1.29, 1.82) is 0 Å². The van der Waals surface area contributed by atoms with Crippen molar-refractivity contribution < 1.29 is 40.3 Å². The Hall–Kier alpha value is -2.99. The molecule has 1 amide bonds. The molecule has 0 unspecified atom stereocenters. The van der Waals surface area contributed by atoms with Crippen molar-refractivity contribution in [2.75, 3.05) is 25.0 Å². The van der Waals surface area contributed by atoms with Gasteiger partial charge in [-0.2, -0.15) is 4.31 Å². The number of nitrogens with zero attached hydrogens (tertiary/aromatic N) is 1. The third kappa shape index (κ3) is 5.07. The van der Waals surface area contributed by atoms with Gasteiger partial charge in [-0.1, -0.05) is 6.42 Å². The molecule has 1 saturated heterocycles. The van der Waals surface area contributed by atoms with Gasteiger partial charge in [0.2, 0.25) is 10.0 Å². The Balaban J connectivity index is 1.68. The van der Waals surface area contributed by atoms with E-state index in [1.165, 1.54) is 0 Å². The zero-order valence-corrected chi connectivity index (χ0v) is 17.4. The van der Waals surface area contributed by atoms with Crippen LogP contribution in [0.15, 0.2) is 35.2 Å². The Kier molecular flexibility index (Phi) is 7.14. The van der Waals surface area contributed by atoms with E-state index < -0.39 is 62.4 Å². The van der Waals surface area contributed by atoms with Crippen LogP contribution < -0.4 is 5.32 Å². The molecule has 0 spiro atoms. The van der Waals surface area contributed by atoms with Gasteiger partial charge in [0, 0.05) is 13.1 Å². The molecular formula is C20H18F4N2O5S. The second kappa shape index (κ2) is 9.65. The van der Waals surface area contributed by atoms with Crippen molar-refractivity contribution in [2.45, 2.75) is 24.2 Å². The molecule has 7 nitrogen and oxygen atoms in total. The van der Waals surface area contributed by atoms with Crippen LogP contribution in [0, 0.1) is 23.3 Å². The second-order valence-corrected chi connectivity index (χ2v) is 8.86. The average Bonchev–Trinajstić information content (AvgIpc) is 2.78. The number of piperidine rings is 1. The van der Waals surface area contributed by atoms with Crippen LogP contribution in [0.4, 0.5) is 23.2 Å². The highest BCUT2D eigenvalue weighted by molar-refractivity contribution is 7.89. The molecule has 0 saturated carbocycles. The summed E-state index contributed by atoms with van der Waals surface area (Å²) in [6, 6.07) is 3.98. The van der Waals surface area contributed by atoms with Gasteiger partial charge in [0.15, 0.2) is 24.1 Å². The summed E-state index contributed by atoms with van der Waals surface area (Å²) in [4.78, 5) is 23.4. The molecule has 1 aliphatic rings. The fourth-order valence-electron chi connectivity index (χ4n) is 3.10. The number of amides is 1. The number of halogens is 4. The summed E-state index contributed by atoms with van der Waals surface area (Å²) in [5, 5.41) is 1.91. The molecule has 0 radical (unpaired) electrons. The SMILES string of the molecule is O=C(COC(=O)c1ccc(F)c(S(=O)(=O)N2CCCCC2)c1)Nc1ccc(F)c(F)c1F. The number of nitrogens with one attached hydrogen (secondary N) is 1. The lowest BCUT2D eigenvalue weighted by molar-refractivity contribution is -0.119. The number of anilines is 1. The minimum atomic E-state index is -4.17. The first-order chi connectivity index (χ1) is 15.1. The van der Waals surface area contributed by atoms with Crippen LogP contribution in [0.3, 0.4) is 0 Å². The summed E-state index contributed by atoms with van der Waals surface area (Å²) in [6.45, 7) is -0.475. The molecular weight excluding hydrogens is 456 g/mol. The standard InChI is InChI=1S/C20H18F4N2O5S/c21-13-5-4-12(10-16(13)32(29,30)26-8-2-1-3-9-26)20(28)31-11-17(27)25-15-7-6-14(22)18(23)19(15)24/h4-7,10H,1-3,8-9,11H2,(H,25,27). The molecule has 172 valence electrons. The van der Waals surface area contributed by atoms with E-state index in [2.05, 4.69) is 0 Å². The van der Waals surface area contributed by atoms with Gasteiger partial charge in [0.1, 0.15) is 10.7 Å². The van der Waals surface area contributed by atoms with Crippen molar-refractivity contribution in [3.8, 4) is 0 Å². The maximum atomic E-state index is 14.2. The number of rotatable bonds is 6. The molecule has 2 aromatic rings. The van der Waals surface area contributed by atoms with E-state index in [1.807, 2.05) is 5.32 Å². The molecule has 12 heteroatoms. The van der Waals surface area contributed by atoms with Gasteiger partial charge in [0.25, 0.3) is 5.91 Å². The number of carbonyl (C=O) groups excluding carboxylic acids is 2. The molecule has 2 aromatic carbocycles.